The van der Waals surface area contributed by atoms with Crippen molar-refractivity contribution in [3.63, 3.8) is 0 Å². The van der Waals surface area contributed by atoms with E-state index in [4.69, 9.17) is 4.74 Å². The molecule has 1 atom stereocenters. The summed E-state index contributed by atoms with van der Waals surface area (Å²) in [6.45, 7) is 12.5. The Labute approximate surface area is 94.8 Å². The third-order valence-electron chi connectivity index (χ3n) is 1.83. The van der Waals surface area contributed by atoms with Gasteiger partial charge in [-0.25, -0.2) is 4.39 Å². The van der Waals surface area contributed by atoms with Gasteiger partial charge < -0.3 is 9.64 Å². The van der Waals surface area contributed by atoms with Crippen molar-refractivity contribution in [3.8, 4) is 0 Å². The Balaban J connectivity index is 0. The number of hydrogen-bond acceptors (Lipinski definition) is 2. The molecule has 0 bridgehead atoms. The molecule has 1 fully saturated rings. The lowest BCUT2D eigenvalue weighted by Crippen LogP contribution is -2.13. The third-order valence-corrected chi connectivity index (χ3v) is 1.83. The monoisotopic (exact) mass is 221 g/mol. The Hall–Kier alpha value is -0.150. The molecule has 1 heterocycles. The van der Waals surface area contributed by atoms with Crippen LogP contribution in [0.1, 0.15) is 41.0 Å². The number of halogens is 1. The molecule has 2 nitrogen and oxygen atoms in total. The van der Waals surface area contributed by atoms with Gasteiger partial charge in [0.2, 0.25) is 0 Å². The lowest BCUT2D eigenvalue weighted by Gasteiger charge is -2.01. The number of nitrogens with zero attached hydrogens (tertiary/aromatic N) is 1. The largest absolute Gasteiger partial charge is 0.379 e. The highest BCUT2D eigenvalue weighted by molar-refractivity contribution is 4.70. The van der Waals surface area contributed by atoms with Crippen molar-refractivity contribution >= 4 is 0 Å². The summed E-state index contributed by atoms with van der Waals surface area (Å²) in [5, 5.41) is 0. The number of rotatable bonds is 2. The Morgan fingerprint density at radius 2 is 1.93 bits per heavy atom. The molecule has 1 aliphatic heterocycles. The fraction of sp³-hybridized carbons (Fsp3) is 1.00. The SMILES string of the molecule is CC.CCOC(C)C.CN1CCC(F)C1. The summed E-state index contributed by atoms with van der Waals surface area (Å²) in [5.41, 5.74) is 0. The molecule has 1 aliphatic rings. The van der Waals surface area contributed by atoms with Gasteiger partial charge in [-0.2, -0.15) is 0 Å². The number of ether oxygens (including phenoxy) is 1. The predicted octanol–water partition coefficient (Wildman–Crippen LogP) is 3.12. The van der Waals surface area contributed by atoms with E-state index < -0.39 is 6.17 Å². The molecule has 94 valence electrons. The minimum atomic E-state index is -0.551. The van der Waals surface area contributed by atoms with Crippen LogP contribution in [0.25, 0.3) is 0 Å². The van der Waals surface area contributed by atoms with Gasteiger partial charge in [0.05, 0.1) is 6.10 Å². The molecule has 1 saturated heterocycles. The highest BCUT2D eigenvalue weighted by Gasteiger charge is 2.17. The van der Waals surface area contributed by atoms with Gasteiger partial charge in [0.25, 0.3) is 0 Å². The highest BCUT2D eigenvalue weighted by Crippen LogP contribution is 2.08. The van der Waals surface area contributed by atoms with E-state index in [1.54, 1.807) is 0 Å². The molecule has 0 saturated carbocycles. The average molecular weight is 221 g/mol. The maximum atomic E-state index is 12.1. The Kier molecular flexibility index (Phi) is 13.7. The Morgan fingerprint density at radius 1 is 1.40 bits per heavy atom. The van der Waals surface area contributed by atoms with Crippen LogP contribution in [0.15, 0.2) is 0 Å². The second-order valence-electron chi connectivity index (χ2n) is 3.65. The van der Waals surface area contributed by atoms with Crippen LogP contribution in [0.5, 0.6) is 0 Å². The van der Waals surface area contributed by atoms with E-state index in [0.717, 1.165) is 19.6 Å². The van der Waals surface area contributed by atoms with Crippen LogP contribution in [0, 0.1) is 0 Å². The van der Waals surface area contributed by atoms with E-state index in [1.807, 2.05) is 46.6 Å². The zero-order valence-electron chi connectivity index (χ0n) is 11.2. The molecule has 0 aromatic carbocycles. The fourth-order valence-corrected chi connectivity index (χ4v) is 1.21. The number of likely N-dealkylation sites (tertiary alicyclic amines) is 1. The van der Waals surface area contributed by atoms with Gasteiger partial charge in [-0.3, -0.25) is 0 Å². The van der Waals surface area contributed by atoms with Gasteiger partial charge in [-0.15, -0.1) is 0 Å². The quantitative estimate of drug-likeness (QED) is 0.710. The van der Waals surface area contributed by atoms with Crippen LogP contribution in [0.3, 0.4) is 0 Å². The molecular weight excluding hydrogens is 193 g/mol. The van der Waals surface area contributed by atoms with Gasteiger partial charge in [-0.05, 0) is 34.2 Å². The molecular formula is C12H28FNO. The molecule has 0 radical (unpaired) electrons. The molecule has 0 aromatic heterocycles. The van der Waals surface area contributed by atoms with Crippen molar-refractivity contribution in [1.82, 2.24) is 4.90 Å². The van der Waals surface area contributed by atoms with Crippen LogP contribution in [-0.2, 0) is 4.74 Å². The van der Waals surface area contributed by atoms with E-state index in [1.165, 1.54) is 0 Å². The van der Waals surface area contributed by atoms with Crippen molar-refractivity contribution in [2.24, 2.45) is 0 Å². The first kappa shape index (κ1) is 17.3. The molecule has 0 aliphatic carbocycles. The first-order chi connectivity index (χ1) is 7.06. The van der Waals surface area contributed by atoms with Gasteiger partial charge in [-0.1, -0.05) is 13.8 Å². The van der Waals surface area contributed by atoms with E-state index in [-0.39, 0.29) is 0 Å². The minimum absolute atomic E-state index is 0.398. The normalized spacial score (nSPS) is 20.4. The van der Waals surface area contributed by atoms with Crippen molar-refractivity contribution in [3.05, 3.63) is 0 Å². The van der Waals surface area contributed by atoms with Gasteiger partial charge in [0.1, 0.15) is 6.17 Å². The summed E-state index contributed by atoms with van der Waals surface area (Å²) in [6, 6.07) is 0. The summed E-state index contributed by atoms with van der Waals surface area (Å²) >= 11 is 0. The minimum Gasteiger partial charge on any atom is -0.379 e. The van der Waals surface area contributed by atoms with Crippen molar-refractivity contribution in [1.29, 1.82) is 0 Å². The Bertz CT molecular complexity index is 112. The topological polar surface area (TPSA) is 12.5 Å². The van der Waals surface area contributed by atoms with Crippen molar-refractivity contribution in [2.45, 2.75) is 53.3 Å². The molecule has 0 amide bonds. The molecule has 3 heteroatoms. The molecule has 1 unspecified atom stereocenters. The van der Waals surface area contributed by atoms with Crippen LogP contribution in [0.4, 0.5) is 4.39 Å². The first-order valence-electron chi connectivity index (χ1n) is 6.00. The summed E-state index contributed by atoms with van der Waals surface area (Å²) < 4.78 is 17.2. The van der Waals surface area contributed by atoms with Crippen molar-refractivity contribution < 1.29 is 9.13 Å². The number of alkyl halides is 1. The maximum absolute atomic E-state index is 12.1. The molecule has 1 rings (SSSR count). The van der Waals surface area contributed by atoms with Crippen LogP contribution < -0.4 is 0 Å². The second kappa shape index (κ2) is 11.9. The first-order valence-corrected chi connectivity index (χ1v) is 6.00. The van der Waals surface area contributed by atoms with Gasteiger partial charge in [0, 0.05) is 19.7 Å². The van der Waals surface area contributed by atoms with Crippen molar-refractivity contribution in [2.75, 3.05) is 26.7 Å². The van der Waals surface area contributed by atoms with Gasteiger partial charge in [0.15, 0.2) is 0 Å². The Morgan fingerprint density at radius 3 is 2.00 bits per heavy atom. The smallest absolute Gasteiger partial charge is 0.114 e. The fourth-order valence-electron chi connectivity index (χ4n) is 1.21. The molecule has 0 aromatic rings. The lowest BCUT2D eigenvalue weighted by molar-refractivity contribution is 0.0899. The molecule has 0 spiro atoms. The lowest BCUT2D eigenvalue weighted by atomic mass is 10.4. The maximum Gasteiger partial charge on any atom is 0.114 e. The summed E-state index contributed by atoms with van der Waals surface area (Å²) in [6.07, 6.45) is 0.580. The standard InChI is InChI=1S/C5H10FN.C5H12O.C2H6/c1-7-3-2-5(6)4-7;1-4-6-5(2)3;1-2/h5H,2-4H2,1H3;5H,4H2,1-3H3;1-2H3. The zero-order chi connectivity index (χ0) is 12.3. The van der Waals surface area contributed by atoms with E-state index in [0.29, 0.717) is 12.6 Å². The van der Waals surface area contributed by atoms with E-state index in [9.17, 15) is 4.39 Å². The molecule has 0 N–H and O–H groups in total. The third kappa shape index (κ3) is 13.9. The summed E-state index contributed by atoms with van der Waals surface area (Å²) in [5.74, 6) is 0. The molecule has 15 heavy (non-hydrogen) atoms. The second-order valence-corrected chi connectivity index (χ2v) is 3.65. The zero-order valence-corrected chi connectivity index (χ0v) is 11.2. The van der Waals surface area contributed by atoms with Crippen LogP contribution >= 0.6 is 0 Å². The highest BCUT2D eigenvalue weighted by atomic mass is 19.1. The van der Waals surface area contributed by atoms with E-state index in [2.05, 4.69) is 0 Å². The predicted molar refractivity (Wildman–Crippen MR) is 65.1 cm³/mol. The number of hydrogen-bond donors (Lipinski definition) is 0. The average Bonchev–Trinajstić information content (AvgIpc) is 2.54. The van der Waals surface area contributed by atoms with Crippen LogP contribution in [-0.4, -0.2) is 43.9 Å². The van der Waals surface area contributed by atoms with Crippen LogP contribution in [0.2, 0.25) is 0 Å². The van der Waals surface area contributed by atoms with Gasteiger partial charge >= 0.3 is 0 Å². The summed E-state index contributed by atoms with van der Waals surface area (Å²) in [7, 11) is 1.94. The summed E-state index contributed by atoms with van der Waals surface area (Å²) in [4.78, 5) is 2.00. The van der Waals surface area contributed by atoms with E-state index >= 15 is 0 Å².